The Labute approximate surface area is 44.6 Å². The van der Waals surface area contributed by atoms with Crippen molar-refractivity contribution in [2.45, 2.75) is 6.67 Å². The fraction of sp³-hybridized carbons (Fsp3) is 0.250. The highest BCUT2D eigenvalue weighted by Gasteiger charge is 2.20. The van der Waals surface area contributed by atoms with Crippen LogP contribution in [0.1, 0.15) is 0 Å². The topological polar surface area (TPSA) is 47.2 Å². The number of rotatable bonds is 0. The first-order valence-electron chi connectivity index (χ1n) is 2.28. The zero-order valence-corrected chi connectivity index (χ0v) is 4.03. The van der Waals surface area contributed by atoms with Gasteiger partial charge in [0.25, 0.3) is 5.56 Å². The van der Waals surface area contributed by atoms with Crippen LogP contribution >= 0.6 is 0 Å². The predicted octanol–water partition coefficient (Wildman–Crippen LogP) is -0.825. The third-order valence-electron chi connectivity index (χ3n) is 1.25. The molecule has 0 spiro atoms. The molecule has 1 N–H and O–H groups in total. The summed E-state index contributed by atoms with van der Waals surface area (Å²) in [7, 11) is 0. The maximum Gasteiger partial charge on any atom is 0.272 e. The molecule has 4 heteroatoms. The van der Waals surface area contributed by atoms with Gasteiger partial charge in [-0.2, -0.15) is 0 Å². The van der Waals surface area contributed by atoms with E-state index >= 15 is 0 Å². The highest BCUT2D eigenvalue weighted by molar-refractivity contribution is 5.11. The van der Waals surface area contributed by atoms with E-state index in [1.54, 1.807) is 0 Å². The summed E-state index contributed by atoms with van der Waals surface area (Å²) in [5.74, 6) is 0.0648. The molecule has 0 saturated carbocycles. The molecule has 0 unspecified atom stereocenters. The van der Waals surface area contributed by atoms with Crippen molar-refractivity contribution >= 4 is 0 Å². The lowest BCUT2D eigenvalue weighted by molar-refractivity contribution is 0.442. The van der Waals surface area contributed by atoms with E-state index in [0.29, 0.717) is 6.67 Å². The Kier molecular flexibility index (Phi) is 0.386. The molecule has 1 aromatic heterocycles. The molecule has 0 atom stereocenters. The summed E-state index contributed by atoms with van der Waals surface area (Å²) in [5.41, 5.74) is -0.123. The van der Waals surface area contributed by atoms with E-state index in [-0.39, 0.29) is 11.4 Å². The molecule has 2 rings (SSSR count). The molecular weight excluding hydrogens is 108 g/mol. The normalized spacial score (nSPS) is 13.5. The van der Waals surface area contributed by atoms with Gasteiger partial charge in [-0.25, -0.2) is 9.36 Å². The van der Waals surface area contributed by atoms with Crippen LogP contribution in [0, 0.1) is 0 Å². The largest absolute Gasteiger partial charge is 0.493 e. The Morgan fingerprint density at radius 2 is 2.38 bits per heavy atom. The van der Waals surface area contributed by atoms with Gasteiger partial charge in [0.15, 0.2) is 0 Å². The second kappa shape index (κ2) is 0.819. The van der Waals surface area contributed by atoms with Crippen molar-refractivity contribution in [1.82, 2.24) is 9.36 Å². The van der Waals surface area contributed by atoms with Crippen molar-refractivity contribution in [3.05, 3.63) is 16.4 Å². The molecule has 8 heavy (non-hydrogen) atoms. The quantitative estimate of drug-likeness (QED) is 0.483. The molecule has 1 aromatic rings. The van der Waals surface area contributed by atoms with Crippen LogP contribution in [-0.4, -0.2) is 14.5 Å². The van der Waals surface area contributed by atoms with Gasteiger partial charge in [0.1, 0.15) is 6.67 Å². The third-order valence-corrected chi connectivity index (χ3v) is 1.25. The molecule has 0 aliphatic carbocycles. The summed E-state index contributed by atoms with van der Waals surface area (Å²) >= 11 is 0. The van der Waals surface area contributed by atoms with Gasteiger partial charge in [0.2, 0.25) is 5.88 Å². The molecule has 2 heterocycles. The average molecular weight is 112 g/mol. The lowest BCUT2D eigenvalue weighted by Gasteiger charge is -1.74. The monoisotopic (exact) mass is 112 g/mol. The molecule has 0 radical (unpaired) electrons. The smallest absolute Gasteiger partial charge is 0.272 e. The van der Waals surface area contributed by atoms with Crippen molar-refractivity contribution in [3.8, 4) is 5.88 Å². The molecule has 0 amide bonds. The van der Waals surface area contributed by atoms with Gasteiger partial charge >= 0.3 is 0 Å². The first-order valence-corrected chi connectivity index (χ1v) is 2.28. The summed E-state index contributed by atoms with van der Waals surface area (Å²) in [5, 5.41) is 8.73. The van der Waals surface area contributed by atoms with Gasteiger partial charge in [-0.15, -0.1) is 0 Å². The maximum absolute atomic E-state index is 10.5. The first kappa shape index (κ1) is 3.77. The van der Waals surface area contributed by atoms with Gasteiger partial charge in [0.05, 0.1) is 6.07 Å². The third kappa shape index (κ3) is 0.247. The van der Waals surface area contributed by atoms with Gasteiger partial charge in [-0.05, 0) is 0 Å². The second-order valence-electron chi connectivity index (χ2n) is 1.78. The van der Waals surface area contributed by atoms with Crippen LogP contribution < -0.4 is 5.56 Å². The van der Waals surface area contributed by atoms with Crippen LogP contribution in [0.15, 0.2) is 10.9 Å². The molecule has 1 aliphatic heterocycles. The Morgan fingerprint density at radius 3 is 2.50 bits per heavy atom. The summed E-state index contributed by atoms with van der Waals surface area (Å²) in [4.78, 5) is 10.5. The Hall–Kier alpha value is -1.19. The highest BCUT2D eigenvalue weighted by atomic mass is 16.3. The minimum Gasteiger partial charge on any atom is -0.493 e. The molecule has 1 aliphatic rings. The average Bonchev–Trinajstić information content (AvgIpc) is 2.35. The standard InChI is InChI=1S/C4H4N2O2/c7-3-1-4(8)6-2-5(3)6/h1,7H,2H2. The molecular formula is C4H4N2O2. The van der Waals surface area contributed by atoms with E-state index in [2.05, 4.69) is 0 Å². The SMILES string of the molecule is O=c1cc(O)n2n1C2. The van der Waals surface area contributed by atoms with Crippen LogP contribution in [0.25, 0.3) is 0 Å². The van der Waals surface area contributed by atoms with Gasteiger partial charge in [-0.1, -0.05) is 0 Å². The fourth-order valence-corrected chi connectivity index (χ4v) is 0.743. The van der Waals surface area contributed by atoms with Crippen LogP contribution in [0.2, 0.25) is 0 Å². The van der Waals surface area contributed by atoms with Crippen molar-refractivity contribution in [3.63, 3.8) is 0 Å². The molecule has 4 nitrogen and oxygen atoms in total. The van der Waals surface area contributed by atoms with Gasteiger partial charge in [0, 0.05) is 0 Å². The van der Waals surface area contributed by atoms with E-state index in [1.165, 1.54) is 15.4 Å². The lowest BCUT2D eigenvalue weighted by atomic mass is 10.6. The minimum absolute atomic E-state index is 0.0648. The lowest BCUT2D eigenvalue weighted by Crippen LogP contribution is -2.00. The van der Waals surface area contributed by atoms with E-state index < -0.39 is 0 Å². The summed E-state index contributed by atoms with van der Waals surface area (Å²) in [6, 6.07) is 1.20. The molecule has 0 fully saturated rings. The summed E-state index contributed by atoms with van der Waals surface area (Å²) in [6.07, 6.45) is 0. The minimum atomic E-state index is -0.123. The Bertz CT molecular complexity index is 283. The van der Waals surface area contributed by atoms with Crippen molar-refractivity contribution in [2.75, 3.05) is 0 Å². The second-order valence-corrected chi connectivity index (χ2v) is 1.78. The van der Waals surface area contributed by atoms with E-state index in [4.69, 9.17) is 5.11 Å². The number of fused-ring (bicyclic) bond motifs is 1. The van der Waals surface area contributed by atoms with Crippen LogP contribution in [0.5, 0.6) is 5.88 Å². The molecule has 0 bridgehead atoms. The predicted molar refractivity (Wildman–Crippen MR) is 25.8 cm³/mol. The maximum atomic E-state index is 10.5. The molecule has 0 aromatic carbocycles. The van der Waals surface area contributed by atoms with E-state index in [9.17, 15) is 4.79 Å². The van der Waals surface area contributed by atoms with E-state index in [1.807, 2.05) is 0 Å². The molecule has 0 saturated heterocycles. The zero-order valence-electron chi connectivity index (χ0n) is 4.03. The summed E-state index contributed by atoms with van der Waals surface area (Å²) in [6.45, 7) is 0.557. The van der Waals surface area contributed by atoms with Gasteiger partial charge in [-0.3, -0.25) is 4.79 Å². The van der Waals surface area contributed by atoms with Crippen molar-refractivity contribution in [1.29, 1.82) is 0 Å². The number of aromatic nitrogens is 2. The Balaban J connectivity index is 2.89. The number of hydrogen-bond donors (Lipinski definition) is 1. The number of nitrogens with zero attached hydrogens (tertiary/aromatic N) is 2. The van der Waals surface area contributed by atoms with Crippen molar-refractivity contribution in [2.24, 2.45) is 0 Å². The van der Waals surface area contributed by atoms with Crippen LogP contribution in [-0.2, 0) is 6.67 Å². The van der Waals surface area contributed by atoms with Crippen LogP contribution in [0.3, 0.4) is 0 Å². The first-order chi connectivity index (χ1) is 3.79. The number of hydrogen-bond acceptors (Lipinski definition) is 2. The zero-order chi connectivity index (χ0) is 5.72. The molecule has 42 valence electrons. The summed E-state index contributed by atoms with van der Waals surface area (Å²) < 4.78 is 2.93. The van der Waals surface area contributed by atoms with Crippen molar-refractivity contribution < 1.29 is 5.11 Å². The van der Waals surface area contributed by atoms with Gasteiger partial charge < -0.3 is 5.11 Å². The van der Waals surface area contributed by atoms with E-state index in [0.717, 1.165) is 0 Å². The van der Waals surface area contributed by atoms with Crippen LogP contribution in [0.4, 0.5) is 0 Å². The Morgan fingerprint density at radius 1 is 1.62 bits per heavy atom. The number of aromatic hydroxyl groups is 1. The fourth-order valence-electron chi connectivity index (χ4n) is 0.743. The highest BCUT2D eigenvalue weighted by Crippen LogP contribution is 2.13.